The highest BCUT2D eigenvalue weighted by Crippen LogP contribution is 2.20. The van der Waals surface area contributed by atoms with Crippen LogP contribution >= 0.6 is 0 Å². The van der Waals surface area contributed by atoms with Crippen LogP contribution < -0.4 is 16.0 Å². The summed E-state index contributed by atoms with van der Waals surface area (Å²) in [6, 6.07) is 10.1. The number of hydrogen-bond donors (Lipinski definition) is 3. The van der Waals surface area contributed by atoms with Crippen molar-refractivity contribution in [2.24, 2.45) is 0 Å². The first-order valence-electron chi connectivity index (χ1n) is 8.02. The van der Waals surface area contributed by atoms with Gasteiger partial charge in [0.1, 0.15) is 11.9 Å². The molecule has 2 aromatic rings. The first-order chi connectivity index (χ1) is 12.3. The van der Waals surface area contributed by atoms with E-state index in [9.17, 15) is 18.8 Å². The lowest BCUT2D eigenvalue weighted by Gasteiger charge is -2.16. The van der Waals surface area contributed by atoms with E-state index in [4.69, 9.17) is 0 Å². The molecule has 0 saturated heterocycles. The number of carbonyl (C=O) groups is 3. The molecule has 0 heterocycles. The van der Waals surface area contributed by atoms with Gasteiger partial charge in [-0.15, -0.1) is 0 Å². The Labute approximate surface area is 150 Å². The monoisotopic (exact) mass is 357 g/mol. The predicted molar refractivity (Wildman–Crippen MR) is 98.9 cm³/mol. The van der Waals surface area contributed by atoms with Gasteiger partial charge >= 0.3 is 0 Å². The number of anilines is 3. The van der Waals surface area contributed by atoms with Crippen LogP contribution in [0.2, 0.25) is 0 Å². The van der Waals surface area contributed by atoms with Crippen LogP contribution in [0.3, 0.4) is 0 Å². The minimum Gasteiger partial charge on any atom is -0.374 e. The summed E-state index contributed by atoms with van der Waals surface area (Å²) in [7, 11) is 0. The maximum atomic E-state index is 13.7. The molecule has 26 heavy (non-hydrogen) atoms. The van der Waals surface area contributed by atoms with Gasteiger partial charge in [0, 0.05) is 23.9 Å². The van der Waals surface area contributed by atoms with Crippen molar-refractivity contribution < 1.29 is 18.8 Å². The van der Waals surface area contributed by atoms with Gasteiger partial charge in [-0.1, -0.05) is 12.1 Å². The molecule has 0 aliphatic rings. The van der Waals surface area contributed by atoms with E-state index in [0.29, 0.717) is 16.9 Å². The van der Waals surface area contributed by atoms with Crippen molar-refractivity contribution in [2.75, 3.05) is 16.0 Å². The number of ketones is 1. The number of Topliss-reactive ketones (excluding diaryl/α,β-unsaturated/α-hetero) is 1. The molecule has 0 unspecified atom stereocenters. The molecule has 6 nitrogen and oxygen atoms in total. The molecule has 0 bridgehead atoms. The highest BCUT2D eigenvalue weighted by molar-refractivity contribution is 5.99. The lowest BCUT2D eigenvalue weighted by Crippen LogP contribution is -2.32. The van der Waals surface area contributed by atoms with Gasteiger partial charge in [0.2, 0.25) is 11.8 Å². The quantitative estimate of drug-likeness (QED) is 0.691. The zero-order chi connectivity index (χ0) is 19.3. The Bertz CT molecular complexity index is 852. The minimum absolute atomic E-state index is 0.0317. The molecule has 0 fully saturated rings. The van der Waals surface area contributed by atoms with Gasteiger partial charge in [-0.05, 0) is 44.2 Å². The minimum atomic E-state index is -0.633. The number of nitrogens with one attached hydrogen (secondary N) is 3. The number of carbonyl (C=O) groups excluding carboxylic acids is 3. The van der Waals surface area contributed by atoms with Crippen LogP contribution in [0.4, 0.5) is 21.5 Å². The molecule has 0 spiro atoms. The summed E-state index contributed by atoms with van der Waals surface area (Å²) in [5, 5.41) is 8.05. The Hall–Kier alpha value is -3.22. The van der Waals surface area contributed by atoms with Crippen molar-refractivity contribution in [1.29, 1.82) is 0 Å². The molecule has 0 aromatic heterocycles. The molecular formula is C19H20FN3O3. The number of benzene rings is 2. The highest BCUT2D eigenvalue weighted by atomic mass is 19.1. The van der Waals surface area contributed by atoms with Crippen LogP contribution in [0, 0.1) is 5.82 Å². The summed E-state index contributed by atoms with van der Waals surface area (Å²) in [6.07, 6.45) is 0. The summed E-state index contributed by atoms with van der Waals surface area (Å²) < 4.78 is 13.7. The summed E-state index contributed by atoms with van der Waals surface area (Å²) in [6.45, 7) is 4.38. The number of amides is 2. The molecule has 1 atom stereocenters. The van der Waals surface area contributed by atoms with E-state index in [1.165, 1.54) is 32.0 Å². The van der Waals surface area contributed by atoms with Gasteiger partial charge in [0.15, 0.2) is 5.78 Å². The Kier molecular flexibility index (Phi) is 6.06. The summed E-state index contributed by atoms with van der Waals surface area (Å²) >= 11 is 0. The fourth-order valence-electron chi connectivity index (χ4n) is 2.28. The smallest absolute Gasteiger partial charge is 0.246 e. The lowest BCUT2D eigenvalue weighted by atomic mass is 10.1. The highest BCUT2D eigenvalue weighted by Gasteiger charge is 2.14. The lowest BCUT2D eigenvalue weighted by molar-refractivity contribution is -0.116. The average Bonchev–Trinajstić information content (AvgIpc) is 2.57. The van der Waals surface area contributed by atoms with Gasteiger partial charge < -0.3 is 16.0 Å². The first-order valence-corrected chi connectivity index (χ1v) is 8.02. The number of halogens is 1. The van der Waals surface area contributed by atoms with Crippen LogP contribution in [-0.4, -0.2) is 23.6 Å². The predicted octanol–water partition coefficient (Wildman–Crippen LogP) is 3.43. The molecule has 136 valence electrons. The zero-order valence-corrected chi connectivity index (χ0v) is 14.7. The van der Waals surface area contributed by atoms with Crippen LogP contribution in [0.1, 0.15) is 31.1 Å². The molecule has 2 rings (SSSR count). The Morgan fingerprint density at radius 2 is 1.69 bits per heavy atom. The third-order valence-corrected chi connectivity index (χ3v) is 3.59. The number of hydrogen-bond acceptors (Lipinski definition) is 4. The maximum absolute atomic E-state index is 13.7. The Morgan fingerprint density at radius 1 is 0.962 bits per heavy atom. The van der Waals surface area contributed by atoms with Crippen LogP contribution in [0.15, 0.2) is 42.5 Å². The van der Waals surface area contributed by atoms with Gasteiger partial charge in [-0.2, -0.15) is 0 Å². The van der Waals surface area contributed by atoms with E-state index >= 15 is 0 Å². The molecule has 2 aromatic carbocycles. The van der Waals surface area contributed by atoms with Crippen LogP contribution in [-0.2, 0) is 9.59 Å². The largest absolute Gasteiger partial charge is 0.374 e. The molecule has 0 aliphatic carbocycles. The molecule has 2 amide bonds. The molecule has 3 N–H and O–H groups in total. The third kappa shape index (κ3) is 5.14. The topological polar surface area (TPSA) is 87.3 Å². The maximum Gasteiger partial charge on any atom is 0.246 e. The second kappa shape index (κ2) is 8.24. The second-order valence-corrected chi connectivity index (χ2v) is 5.87. The average molecular weight is 357 g/mol. The third-order valence-electron chi connectivity index (χ3n) is 3.59. The van der Waals surface area contributed by atoms with Gasteiger partial charge in [-0.25, -0.2) is 4.39 Å². The molecule has 0 radical (unpaired) electrons. The van der Waals surface area contributed by atoms with Crippen molar-refractivity contribution in [3.63, 3.8) is 0 Å². The van der Waals surface area contributed by atoms with E-state index < -0.39 is 17.8 Å². The van der Waals surface area contributed by atoms with E-state index in [2.05, 4.69) is 16.0 Å². The standard InChI is InChI=1S/C19H20FN3O3/c1-11(19(26)23-15-6-4-5-14(9-15)12(2)24)21-16-7-8-17(20)18(10-16)22-13(3)25/h4-11,21H,1-3H3,(H,22,25)(H,23,26)/t11-/m1/s1. The SMILES string of the molecule is CC(=O)Nc1cc(N[C@H](C)C(=O)Nc2cccc(C(C)=O)c2)ccc1F. The van der Waals surface area contributed by atoms with Gasteiger partial charge in [0.05, 0.1) is 5.69 Å². The van der Waals surface area contributed by atoms with E-state index in [1.54, 1.807) is 31.2 Å². The van der Waals surface area contributed by atoms with Crippen molar-refractivity contribution in [3.8, 4) is 0 Å². The molecule has 0 saturated carbocycles. The van der Waals surface area contributed by atoms with Gasteiger partial charge in [-0.3, -0.25) is 14.4 Å². The van der Waals surface area contributed by atoms with E-state index in [1.807, 2.05) is 0 Å². The zero-order valence-electron chi connectivity index (χ0n) is 14.7. The molecular weight excluding hydrogens is 337 g/mol. The fourth-order valence-corrected chi connectivity index (χ4v) is 2.28. The second-order valence-electron chi connectivity index (χ2n) is 5.87. The van der Waals surface area contributed by atoms with Gasteiger partial charge in [0.25, 0.3) is 0 Å². The first kappa shape index (κ1) is 19.1. The normalized spacial score (nSPS) is 11.4. The number of rotatable bonds is 6. The Morgan fingerprint density at radius 3 is 2.35 bits per heavy atom. The Balaban J connectivity index is 2.06. The van der Waals surface area contributed by atoms with Crippen molar-refractivity contribution in [1.82, 2.24) is 0 Å². The van der Waals surface area contributed by atoms with Crippen LogP contribution in [0.25, 0.3) is 0 Å². The van der Waals surface area contributed by atoms with Crippen molar-refractivity contribution in [2.45, 2.75) is 26.8 Å². The van der Waals surface area contributed by atoms with E-state index in [0.717, 1.165) is 0 Å². The van der Waals surface area contributed by atoms with Crippen LogP contribution in [0.5, 0.6) is 0 Å². The van der Waals surface area contributed by atoms with Crippen molar-refractivity contribution in [3.05, 3.63) is 53.8 Å². The summed E-state index contributed by atoms with van der Waals surface area (Å²) in [4.78, 5) is 34.8. The summed E-state index contributed by atoms with van der Waals surface area (Å²) in [5.41, 5.74) is 1.52. The fraction of sp³-hybridized carbons (Fsp3) is 0.211. The molecule has 0 aliphatic heterocycles. The molecule has 7 heteroatoms. The summed E-state index contributed by atoms with van der Waals surface area (Å²) in [5.74, 6) is -1.37. The van der Waals surface area contributed by atoms with E-state index in [-0.39, 0.29) is 17.4 Å². The van der Waals surface area contributed by atoms with Crippen molar-refractivity contribution >= 4 is 34.7 Å².